The smallest absolute Gasteiger partial charge is 0.0370 e. The van der Waals surface area contributed by atoms with E-state index in [4.69, 9.17) is 11.6 Å². The van der Waals surface area contributed by atoms with E-state index in [0.717, 1.165) is 23.7 Å². The summed E-state index contributed by atoms with van der Waals surface area (Å²) in [4.78, 5) is 0. The zero-order valence-electron chi connectivity index (χ0n) is 6.59. The van der Waals surface area contributed by atoms with Crippen molar-refractivity contribution >= 4 is 11.6 Å². The average Bonchev–Trinajstić information content (AvgIpc) is 2.52. The summed E-state index contributed by atoms with van der Waals surface area (Å²) in [7, 11) is 0. The van der Waals surface area contributed by atoms with Crippen LogP contribution in [0.1, 0.15) is 12.8 Å². The molecule has 1 N–H and O–H groups in total. The summed E-state index contributed by atoms with van der Waals surface area (Å²) in [5.41, 5.74) is 0. The molecule has 0 spiro atoms. The quantitative estimate of drug-likeness (QED) is 0.545. The second-order valence-corrected chi connectivity index (χ2v) is 4.96. The van der Waals surface area contributed by atoms with Crippen molar-refractivity contribution in [1.29, 1.82) is 0 Å². The van der Waals surface area contributed by atoms with Crippen LogP contribution in [0.5, 0.6) is 0 Å². The molecule has 0 aromatic rings. The van der Waals surface area contributed by atoms with Gasteiger partial charge in [-0.3, -0.25) is 0 Å². The van der Waals surface area contributed by atoms with Crippen LogP contribution in [-0.4, -0.2) is 18.5 Å². The molecule has 3 rings (SSSR count). The molecule has 3 aliphatic rings. The zero-order chi connectivity index (χ0) is 7.42. The molecule has 0 amide bonds. The van der Waals surface area contributed by atoms with Crippen molar-refractivity contribution in [2.45, 2.75) is 18.2 Å². The predicted molar refractivity (Wildman–Crippen MR) is 45.7 cm³/mol. The highest BCUT2D eigenvalue weighted by Gasteiger charge is 2.53. The molecule has 2 bridgehead atoms. The second kappa shape index (κ2) is 2.14. The fraction of sp³-hybridized carbons (Fsp3) is 1.00. The highest BCUT2D eigenvalue weighted by molar-refractivity contribution is 6.21. The lowest BCUT2D eigenvalue weighted by molar-refractivity contribution is 0.285. The van der Waals surface area contributed by atoms with E-state index < -0.39 is 0 Å². The van der Waals surface area contributed by atoms with Gasteiger partial charge in [0.15, 0.2) is 0 Å². The van der Waals surface area contributed by atoms with Gasteiger partial charge < -0.3 is 5.32 Å². The minimum atomic E-state index is 0.515. The van der Waals surface area contributed by atoms with Crippen LogP contribution in [0.15, 0.2) is 0 Å². The number of alkyl halides is 1. The summed E-state index contributed by atoms with van der Waals surface area (Å²) < 4.78 is 0. The van der Waals surface area contributed by atoms with Crippen LogP contribution in [-0.2, 0) is 0 Å². The predicted octanol–water partition coefficient (Wildman–Crippen LogP) is 1.47. The van der Waals surface area contributed by atoms with Gasteiger partial charge in [0.05, 0.1) is 0 Å². The highest BCUT2D eigenvalue weighted by Crippen LogP contribution is 2.55. The Hall–Kier alpha value is 0.250. The zero-order valence-corrected chi connectivity index (χ0v) is 7.35. The van der Waals surface area contributed by atoms with Crippen molar-refractivity contribution < 1.29 is 0 Å². The Labute approximate surface area is 72.5 Å². The third-order valence-corrected chi connectivity index (χ3v) is 4.53. The van der Waals surface area contributed by atoms with Gasteiger partial charge in [0.25, 0.3) is 0 Å². The lowest BCUT2D eigenvalue weighted by Gasteiger charge is -2.26. The van der Waals surface area contributed by atoms with Crippen LogP contribution in [0.4, 0.5) is 0 Å². The Kier molecular flexibility index (Phi) is 1.31. The number of fused-ring (bicyclic) bond motifs is 5. The SMILES string of the molecule is ClC1CC2CC1C1CNCC21. The largest absolute Gasteiger partial charge is 0.316 e. The maximum Gasteiger partial charge on any atom is 0.0370 e. The van der Waals surface area contributed by atoms with E-state index in [2.05, 4.69) is 5.32 Å². The second-order valence-electron chi connectivity index (χ2n) is 4.40. The monoisotopic (exact) mass is 171 g/mol. The fourth-order valence-electron chi connectivity index (χ4n) is 3.55. The van der Waals surface area contributed by atoms with Crippen molar-refractivity contribution in [2.75, 3.05) is 13.1 Å². The molecule has 62 valence electrons. The molecule has 2 aliphatic carbocycles. The lowest BCUT2D eigenvalue weighted by Crippen LogP contribution is -2.27. The van der Waals surface area contributed by atoms with Crippen LogP contribution in [0.25, 0.3) is 0 Å². The minimum Gasteiger partial charge on any atom is -0.316 e. The summed E-state index contributed by atoms with van der Waals surface area (Å²) in [5, 5.41) is 4.00. The molecule has 3 fully saturated rings. The van der Waals surface area contributed by atoms with E-state index in [0.29, 0.717) is 5.38 Å². The first kappa shape index (κ1) is 6.73. The van der Waals surface area contributed by atoms with Gasteiger partial charge in [0.1, 0.15) is 0 Å². The molecule has 2 heteroatoms. The molecule has 0 radical (unpaired) electrons. The molecular weight excluding hydrogens is 158 g/mol. The van der Waals surface area contributed by atoms with Crippen LogP contribution in [0.3, 0.4) is 0 Å². The highest BCUT2D eigenvalue weighted by atomic mass is 35.5. The van der Waals surface area contributed by atoms with E-state index in [1.807, 2.05) is 0 Å². The molecule has 5 unspecified atom stereocenters. The minimum absolute atomic E-state index is 0.515. The van der Waals surface area contributed by atoms with Gasteiger partial charge in [-0.25, -0.2) is 0 Å². The molecule has 1 aliphatic heterocycles. The van der Waals surface area contributed by atoms with E-state index in [1.165, 1.54) is 25.9 Å². The summed E-state index contributed by atoms with van der Waals surface area (Å²) in [6.07, 6.45) is 2.74. The Morgan fingerprint density at radius 1 is 1.00 bits per heavy atom. The van der Waals surface area contributed by atoms with Crippen molar-refractivity contribution in [1.82, 2.24) is 5.32 Å². The van der Waals surface area contributed by atoms with Crippen LogP contribution in [0.2, 0.25) is 0 Å². The number of rotatable bonds is 0. The van der Waals surface area contributed by atoms with E-state index >= 15 is 0 Å². The third-order valence-electron chi connectivity index (χ3n) is 4.03. The maximum atomic E-state index is 6.25. The molecule has 1 saturated heterocycles. The molecule has 0 aromatic heterocycles. The molecule has 5 atom stereocenters. The van der Waals surface area contributed by atoms with Gasteiger partial charge in [-0.05, 0) is 49.6 Å². The topological polar surface area (TPSA) is 12.0 Å². The molecule has 11 heavy (non-hydrogen) atoms. The van der Waals surface area contributed by atoms with E-state index in [-0.39, 0.29) is 0 Å². The Balaban J connectivity index is 1.90. The van der Waals surface area contributed by atoms with Gasteiger partial charge in [-0.1, -0.05) is 0 Å². The van der Waals surface area contributed by atoms with Crippen LogP contribution < -0.4 is 5.32 Å². The normalized spacial score (nSPS) is 60.3. The van der Waals surface area contributed by atoms with Crippen molar-refractivity contribution in [2.24, 2.45) is 23.7 Å². The maximum absolute atomic E-state index is 6.25. The van der Waals surface area contributed by atoms with Crippen LogP contribution >= 0.6 is 11.6 Å². The molecule has 1 nitrogen and oxygen atoms in total. The first-order valence-electron chi connectivity index (χ1n) is 4.71. The Morgan fingerprint density at radius 3 is 2.73 bits per heavy atom. The molecular formula is C9H14ClN. The van der Waals surface area contributed by atoms with Gasteiger partial charge in [0, 0.05) is 5.38 Å². The average molecular weight is 172 g/mol. The fourth-order valence-corrected chi connectivity index (χ4v) is 4.07. The lowest BCUT2D eigenvalue weighted by atomic mass is 9.82. The Morgan fingerprint density at radius 2 is 1.82 bits per heavy atom. The summed E-state index contributed by atoms with van der Waals surface area (Å²) in [6.45, 7) is 2.52. The molecule has 0 aromatic carbocycles. The number of halogens is 1. The molecule has 1 heterocycles. The number of hydrogen-bond acceptors (Lipinski definition) is 1. The van der Waals surface area contributed by atoms with E-state index in [9.17, 15) is 0 Å². The van der Waals surface area contributed by atoms with Gasteiger partial charge in [-0.2, -0.15) is 0 Å². The van der Waals surface area contributed by atoms with Gasteiger partial charge >= 0.3 is 0 Å². The first-order chi connectivity index (χ1) is 5.36. The number of nitrogens with one attached hydrogen (secondary N) is 1. The summed E-state index contributed by atoms with van der Waals surface area (Å²) in [5.74, 6) is 3.77. The van der Waals surface area contributed by atoms with Crippen molar-refractivity contribution in [3.8, 4) is 0 Å². The number of hydrogen-bond donors (Lipinski definition) is 1. The van der Waals surface area contributed by atoms with E-state index in [1.54, 1.807) is 0 Å². The summed E-state index contributed by atoms with van der Waals surface area (Å²) in [6, 6.07) is 0. The van der Waals surface area contributed by atoms with Gasteiger partial charge in [-0.15, -0.1) is 11.6 Å². The third kappa shape index (κ3) is 0.762. The van der Waals surface area contributed by atoms with Crippen LogP contribution in [0, 0.1) is 23.7 Å². The standard InChI is InChI=1S/C9H14ClN/c10-9-2-5-1-6(9)8-4-11-3-7(5)8/h5-9,11H,1-4H2. The summed E-state index contributed by atoms with van der Waals surface area (Å²) >= 11 is 6.25. The van der Waals surface area contributed by atoms with Crippen molar-refractivity contribution in [3.05, 3.63) is 0 Å². The van der Waals surface area contributed by atoms with Gasteiger partial charge in [0.2, 0.25) is 0 Å². The van der Waals surface area contributed by atoms with Crippen molar-refractivity contribution in [3.63, 3.8) is 0 Å². The molecule has 2 saturated carbocycles. The first-order valence-corrected chi connectivity index (χ1v) is 5.14. The Bertz CT molecular complexity index is 182.